The Kier molecular flexibility index (Phi) is 7.37. The van der Waals surface area contributed by atoms with Gasteiger partial charge in [-0.2, -0.15) is 0 Å². The molecule has 0 spiro atoms. The molecule has 1 heterocycles. The molecule has 1 N–H and O–H groups in total. The van der Waals surface area contributed by atoms with Crippen LogP contribution in [0.1, 0.15) is 16.8 Å². The number of aromatic nitrogens is 1. The van der Waals surface area contributed by atoms with Gasteiger partial charge in [0, 0.05) is 10.9 Å². The molecular weight excluding hydrogens is 494 g/mol. The minimum Gasteiger partial charge on any atom is -0.481 e. The lowest BCUT2D eigenvalue weighted by Gasteiger charge is -2.23. The van der Waals surface area contributed by atoms with Crippen LogP contribution in [0.3, 0.4) is 0 Å². The minimum atomic E-state index is -0.954. The van der Waals surface area contributed by atoms with Crippen molar-refractivity contribution in [1.82, 2.24) is 4.98 Å². The Morgan fingerprint density at radius 3 is 2.31 bits per heavy atom. The van der Waals surface area contributed by atoms with Crippen LogP contribution in [0.4, 0.5) is 5.13 Å². The molecule has 0 fully saturated rings. The Hall–Kier alpha value is -1.41. The maximum atomic E-state index is 11.0. The number of anilines is 1. The Morgan fingerprint density at radius 1 is 1.03 bits per heavy atom. The molecule has 0 aliphatic rings. The van der Waals surface area contributed by atoms with E-state index in [9.17, 15) is 4.79 Å². The number of hydrogen-bond donors (Lipinski definition) is 1. The summed E-state index contributed by atoms with van der Waals surface area (Å²) in [7, 11) is 0. The number of carbonyl (C=O) groups is 1. The highest BCUT2D eigenvalue weighted by Crippen LogP contribution is 2.30. The van der Waals surface area contributed by atoms with Crippen molar-refractivity contribution in [2.45, 2.75) is 13.0 Å². The third-order valence-electron chi connectivity index (χ3n) is 3.84. The fraction of sp³-hybridized carbons (Fsp3) is 0.105. The van der Waals surface area contributed by atoms with E-state index in [1.165, 1.54) is 11.3 Å². The first-order valence-corrected chi connectivity index (χ1v) is 10.9. The number of rotatable bonds is 6. The van der Waals surface area contributed by atoms with Gasteiger partial charge in [0.1, 0.15) is 4.99 Å². The highest BCUT2D eigenvalue weighted by Gasteiger charge is 2.20. The van der Waals surface area contributed by atoms with Gasteiger partial charge in [0.15, 0.2) is 5.13 Å². The van der Waals surface area contributed by atoms with Crippen LogP contribution in [0.2, 0.25) is 20.1 Å². The first kappa shape index (κ1) is 22.3. The van der Waals surface area contributed by atoms with Gasteiger partial charge in [-0.05, 0) is 29.8 Å². The van der Waals surface area contributed by atoms with Gasteiger partial charge in [0.2, 0.25) is 0 Å². The SMILES string of the molecule is O=C(O)Cc1csc(N(Cc2ccc(Cl)c(Cl)c2)C(=S)c2ccc(Cl)c(Cl)c2)n1. The Morgan fingerprint density at radius 2 is 1.69 bits per heavy atom. The van der Waals surface area contributed by atoms with E-state index < -0.39 is 5.97 Å². The normalized spacial score (nSPS) is 10.8. The molecule has 0 radical (unpaired) electrons. The summed E-state index contributed by atoms with van der Waals surface area (Å²) >= 11 is 31.3. The van der Waals surface area contributed by atoms with Crippen LogP contribution in [0, 0.1) is 0 Å². The standard InChI is InChI=1S/C19H12Cl4N2O2S2/c20-13-3-1-10(5-15(13)22)8-25(19-24-12(9-29-19)7-17(26)27)18(28)11-2-4-14(21)16(23)6-11/h1-6,9H,7-8H2,(H,26,27). The second kappa shape index (κ2) is 9.60. The smallest absolute Gasteiger partial charge is 0.309 e. The second-order valence-corrected chi connectivity index (χ2v) is 8.81. The zero-order valence-electron chi connectivity index (χ0n) is 14.5. The summed E-state index contributed by atoms with van der Waals surface area (Å²) in [5, 5.41) is 13.0. The zero-order chi connectivity index (χ0) is 21.1. The van der Waals surface area contributed by atoms with Gasteiger partial charge in [-0.25, -0.2) is 4.98 Å². The highest BCUT2D eigenvalue weighted by molar-refractivity contribution is 7.81. The predicted molar refractivity (Wildman–Crippen MR) is 124 cm³/mol. The summed E-state index contributed by atoms with van der Waals surface area (Å²) in [5.74, 6) is -0.954. The average Bonchev–Trinajstić information content (AvgIpc) is 3.11. The number of hydrogen-bond acceptors (Lipinski definition) is 4. The van der Waals surface area contributed by atoms with Crippen LogP contribution in [0.25, 0.3) is 0 Å². The van der Waals surface area contributed by atoms with Crippen LogP contribution < -0.4 is 4.90 Å². The molecule has 0 aliphatic heterocycles. The van der Waals surface area contributed by atoms with E-state index in [2.05, 4.69) is 4.98 Å². The second-order valence-electron chi connectivity index (χ2n) is 5.96. The number of thiazole rings is 1. The van der Waals surface area contributed by atoms with Crippen LogP contribution in [-0.2, 0) is 17.8 Å². The van der Waals surface area contributed by atoms with Crippen LogP contribution in [0.15, 0.2) is 41.8 Å². The van der Waals surface area contributed by atoms with Gasteiger partial charge in [-0.1, -0.05) is 70.8 Å². The number of nitrogens with zero attached hydrogens (tertiary/aromatic N) is 2. The number of carboxylic acid groups (broad SMARTS) is 1. The lowest BCUT2D eigenvalue weighted by molar-refractivity contribution is -0.136. The third-order valence-corrected chi connectivity index (χ3v) is 6.69. The molecule has 4 nitrogen and oxygen atoms in total. The molecule has 0 atom stereocenters. The van der Waals surface area contributed by atoms with Gasteiger partial charge >= 0.3 is 5.97 Å². The fourth-order valence-electron chi connectivity index (χ4n) is 2.49. The van der Waals surface area contributed by atoms with Crippen molar-refractivity contribution in [1.29, 1.82) is 0 Å². The lowest BCUT2D eigenvalue weighted by Crippen LogP contribution is -2.29. The lowest BCUT2D eigenvalue weighted by atomic mass is 10.1. The predicted octanol–water partition coefficient (Wildman–Crippen LogP) is 6.77. The number of benzene rings is 2. The highest BCUT2D eigenvalue weighted by atomic mass is 35.5. The van der Waals surface area contributed by atoms with Crippen molar-refractivity contribution in [2.75, 3.05) is 4.90 Å². The van der Waals surface area contributed by atoms with Crippen molar-refractivity contribution in [2.24, 2.45) is 0 Å². The molecule has 3 aromatic rings. The summed E-state index contributed by atoms with van der Waals surface area (Å²) in [6, 6.07) is 10.4. The number of carboxylic acids is 1. The monoisotopic (exact) mass is 504 g/mol. The zero-order valence-corrected chi connectivity index (χ0v) is 19.2. The van der Waals surface area contributed by atoms with E-state index in [0.29, 0.717) is 48.0 Å². The van der Waals surface area contributed by atoms with Gasteiger partial charge in [0.05, 0.1) is 38.8 Å². The number of aliphatic carboxylic acids is 1. The van der Waals surface area contributed by atoms with Gasteiger partial charge < -0.3 is 10.0 Å². The molecule has 2 aromatic carbocycles. The van der Waals surface area contributed by atoms with Crippen LogP contribution >= 0.6 is 70.0 Å². The summed E-state index contributed by atoms with van der Waals surface area (Å²) in [6.45, 7) is 0.357. The van der Waals surface area contributed by atoms with Gasteiger partial charge in [0.25, 0.3) is 0 Å². The van der Waals surface area contributed by atoms with Crippen LogP contribution in [-0.4, -0.2) is 21.0 Å². The Bertz CT molecular complexity index is 1090. The number of halogens is 4. The molecule has 29 heavy (non-hydrogen) atoms. The number of thiocarbonyl (C=S) groups is 1. The first-order valence-electron chi connectivity index (χ1n) is 8.11. The van der Waals surface area contributed by atoms with E-state index in [4.69, 9.17) is 63.7 Å². The van der Waals surface area contributed by atoms with E-state index >= 15 is 0 Å². The summed E-state index contributed by atoms with van der Waals surface area (Å²) in [4.78, 5) is 17.7. The van der Waals surface area contributed by atoms with Crippen molar-refractivity contribution < 1.29 is 9.90 Å². The average molecular weight is 506 g/mol. The van der Waals surface area contributed by atoms with Crippen LogP contribution in [0.5, 0.6) is 0 Å². The molecule has 0 amide bonds. The molecule has 3 rings (SSSR count). The van der Waals surface area contributed by atoms with E-state index in [-0.39, 0.29) is 6.42 Å². The summed E-state index contributed by atoms with van der Waals surface area (Å²) < 4.78 is 0. The van der Waals surface area contributed by atoms with E-state index in [1.807, 2.05) is 6.07 Å². The molecule has 150 valence electrons. The minimum absolute atomic E-state index is 0.170. The Balaban J connectivity index is 1.98. The molecule has 0 bridgehead atoms. The molecule has 0 unspecified atom stereocenters. The summed E-state index contributed by atoms with van der Waals surface area (Å²) in [6.07, 6.45) is -0.170. The van der Waals surface area contributed by atoms with Crippen molar-refractivity contribution in [3.63, 3.8) is 0 Å². The molecule has 0 saturated carbocycles. The largest absolute Gasteiger partial charge is 0.481 e. The Labute approximate surface area is 196 Å². The maximum Gasteiger partial charge on any atom is 0.309 e. The quantitative estimate of drug-likeness (QED) is 0.375. The summed E-state index contributed by atoms with van der Waals surface area (Å²) in [5.41, 5.74) is 2.00. The van der Waals surface area contributed by atoms with Crippen molar-refractivity contribution in [3.05, 3.63) is 78.7 Å². The molecule has 10 heteroatoms. The maximum absolute atomic E-state index is 11.0. The van der Waals surface area contributed by atoms with Gasteiger partial charge in [-0.3, -0.25) is 4.79 Å². The molecule has 0 aliphatic carbocycles. The first-order chi connectivity index (χ1) is 13.7. The van der Waals surface area contributed by atoms with Crippen molar-refractivity contribution >= 4 is 86.0 Å². The molecular formula is C19H12Cl4N2O2S2. The van der Waals surface area contributed by atoms with E-state index in [0.717, 1.165) is 5.56 Å². The third kappa shape index (κ3) is 5.60. The van der Waals surface area contributed by atoms with Crippen molar-refractivity contribution in [3.8, 4) is 0 Å². The fourth-order valence-corrected chi connectivity index (χ4v) is 4.27. The molecule has 1 aromatic heterocycles. The van der Waals surface area contributed by atoms with Gasteiger partial charge in [-0.15, -0.1) is 11.3 Å². The topological polar surface area (TPSA) is 53.4 Å². The molecule has 0 saturated heterocycles. The van der Waals surface area contributed by atoms with E-state index in [1.54, 1.807) is 40.6 Å².